The van der Waals surface area contributed by atoms with Crippen molar-refractivity contribution in [3.05, 3.63) is 40.9 Å². The first kappa shape index (κ1) is 15.6. The average Bonchev–Trinajstić information content (AvgIpc) is 2.94. The minimum atomic E-state index is -4.40. The third-order valence-electron chi connectivity index (χ3n) is 2.71. The Labute approximate surface area is 123 Å². The van der Waals surface area contributed by atoms with Crippen molar-refractivity contribution in [3.8, 4) is 5.75 Å². The molecule has 0 aliphatic rings. The topological polar surface area (TPSA) is 54.4 Å². The number of methoxy groups -OCH3 is 1. The van der Waals surface area contributed by atoms with Crippen LogP contribution >= 0.6 is 11.3 Å². The summed E-state index contributed by atoms with van der Waals surface area (Å²) < 4.78 is 42.3. The van der Waals surface area contributed by atoms with Gasteiger partial charge in [0.25, 0.3) is 0 Å². The van der Waals surface area contributed by atoms with Crippen LogP contribution in [-0.4, -0.2) is 23.7 Å². The van der Waals surface area contributed by atoms with Gasteiger partial charge in [0.15, 0.2) is 5.13 Å². The van der Waals surface area contributed by atoms with E-state index in [9.17, 15) is 18.3 Å². The number of nitrogens with zero attached hydrogens (tertiary/aromatic N) is 1. The highest BCUT2D eigenvalue weighted by molar-refractivity contribution is 7.15. The Morgan fingerprint density at radius 2 is 2.19 bits per heavy atom. The third kappa shape index (κ3) is 4.08. The third-order valence-corrected chi connectivity index (χ3v) is 3.71. The molecule has 4 nitrogen and oxygen atoms in total. The van der Waals surface area contributed by atoms with E-state index in [1.54, 1.807) is 24.3 Å². The Kier molecular flexibility index (Phi) is 4.69. The quantitative estimate of drug-likeness (QED) is 0.888. The molecule has 2 aromatic rings. The molecule has 114 valence electrons. The molecule has 0 saturated heterocycles. The van der Waals surface area contributed by atoms with Gasteiger partial charge in [-0.2, -0.15) is 13.2 Å². The van der Waals surface area contributed by atoms with Crippen LogP contribution < -0.4 is 10.1 Å². The second-order valence-electron chi connectivity index (χ2n) is 4.20. The number of aliphatic hydroxyl groups is 1. The molecule has 1 aromatic heterocycles. The smallest absolute Gasteiger partial charge is 0.427 e. The van der Waals surface area contributed by atoms with Crippen LogP contribution in [0.3, 0.4) is 0 Å². The number of halogens is 3. The summed E-state index contributed by atoms with van der Waals surface area (Å²) in [6, 6.07) is 6.83. The summed E-state index contributed by atoms with van der Waals surface area (Å²) in [4.78, 5) is 2.86. The van der Waals surface area contributed by atoms with Crippen LogP contribution in [0.15, 0.2) is 30.5 Å². The van der Waals surface area contributed by atoms with Gasteiger partial charge in [-0.25, -0.2) is 4.98 Å². The Morgan fingerprint density at radius 1 is 1.43 bits per heavy atom. The molecular weight excluding hydrogens is 305 g/mol. The van der Waals surface area contributed by atoms with Crippen molar-refractivity contribution in [2.75, 3.05) is 19.0 Å². The van der Waals surface area contributed by atoms with Crippen LogP contribution in [0, 0.1) is 0 Å². The van der Waals surface area contributed by atoms with Crippen LogP contribution in [0.2, 0.25) is 0 Å². The zero-order valence-electron chi connectivity index (χ0n) is 11.0. The number of nitrogens with one attached hydrogen (secondary N) is 1. The lowest BCUT2D eigenvalue weighted by molar-refractivity contribution is -0.134. The normalized spacial score (nSPS) is 13.0. The maximum absolute atomic E-state index is 12.4. The number of alkyl halides is 3. The monoisotopic (exact) mass is 318 g/mol. The largest absolute Gasteiger partial charge is 0.497 e. The van der Waals surface area contributed by atoms with E-state index in [0.717, 1.165) is 6.20 Å². The number of aromatic nitrogens is 1. The molecule has 1 atom stereocenters. The second kappa shape index (κ2) is 6.31. The molecule has 2 rings (SSSR count). The molecular formula is C13H13F3N2O2S. The van der Waals surface area contributed by atoms with Crippen molar-refractivity contribution < 1.29 is 23.0 Å². The number of ether oxygens (including phenoxy) is 1. The van der Waals surface area contributed by atoms with Crippen LogP contribution in [-0.2, 0) is 6.18 Å². The van der Waals surface area contributed by atoms with E-state index in [1.165, 1.54) is 7.11 Å². The van der Waals surface area contributed by atoms with Crippen LogP contribution in [0.25, 0.3) is 0 Å². The summed E-state index contributed by atoms with van der Waals surface area (Å²) in [5, 5.41) is 12.8. The standard InChI is InChI=1S/C13H13F3N2O2S/c1-20-9-4-2-3-8(5-9)10(19)6-17-12-18-7-11(21-12)13(14,15)16/h2-5,7,10,19H,6H2,1H3,(H,17,18). The number of thiazole rings is 1. The summed E-state index contributed by atoms with van der Waals surface area (Å²) in [5.74, 6) is 0.597. The van der Waals surface area contributed by atoms with Crippen LogP contribution in [0.5, 0.6) is 5.75 Å². The maximum atomic E-state index is 12.4. The summed E-state index contributed by atoms with van der Waals surface area (Å²) >= 11 is 0.502. The molecule has 1 aromatic carbocycles. The van der Waals surface area contributed by atoms with Crippen LogP contribution in [0.1, 0.15) is 16.5 Å². The Morgan fingerprint density at radius 3 is 2.81 bits per heavy atom. The predicted octanol–water partition coefficient (Wildman–Crippen LogP) is 3.32. The number of anilines is 1. The fourth-order valence-electron chi connectivity index (χ4n) is 1.64. The lowest BCUT2D eigenvalue weighted by atomic mass is 10.1. The van der Waals surface area contributed by atoms with Gasteiger partial charge in [0.05, 0.1) is 19.4 Å². The van der Waals surface area contributed by atoms with E-state index in [-0.39, 0.29) is 11.7 Å². The number of aliphatic hydroxyl groups excluding tert-OH is 1. The van der Waals surface area contributed by atoms with Gasteiger partial charge in [0, 0.05) is 6.54 Å². The molecule has 2 N–H and O–H groups in total. The van der Waals surface area contributed by atoms with Crippen LogP contribution in [0.4, 0.5) is 18.3 Å². The van der Waals surface area contributed by atoms with E-state index in [2.05, 4.69) is 10.3 Å². The summed E-state index contributed by atoms with van der Waals surface area (Å²) in [6.45, 7) is 0.0535. The second-order valence-corrected chi connectivity index (χ2v) is 5.23. The first-order valence-corrected chi connectivity index (χ1v) is 6.80. The van der Waals surface area contributed by atoms with Crippen molar-refractivity contribution in [1.82, 2.24) is 4.98 Å². The van der Waals surface area contributed by atoms with Crippen molar-refractivity contribution >= 4 is 16.5 Å². The van der Waals surface area contributed by atoms with E-state index in [1.807, 2.05) is 0 Å². The van der Waals surface area contributed by atoms with E-state index < -0.39 is 17.2 Å². The van der Waals surface area contributed by atoms with Crippen molar-refractivity contribution in [2.24, 2.45) is 0 Å². The molecule has 0 saturated carbocycles. The lowest BCUT2D eigenvalue weighted by Crippen LogP contribution is -2.12. The zero-order valence-corrected chi connectivity index (χ0v) is 11.8. The zero-order chi connectivity index (χ0) is 15.5. The summed E-state index contributed by atoms with van der Waals surface area (Å²) in [6.07, 6.45) is -4.51. The van der Waals surface area contributed by atoms with Crippen molar-refractivity contribution in [2.45, 2.75) is 12.3 Å². The van der Waals surface area contributed by atoms with Gasteiger partial charge >= 0.3 is 6.18 Å². The molecule has 0 fully saturated rings. The first-order valence-electron chi connectivity index (χ1n) is 5.99. The maximum Gasteiger partial charge on any atom is 0.427 e. The van der Waals surface area contributed by atoms with Gasteiger partial charge in [-0.05, 0) is 17.7 Å². The van der Waals surface area contributed by atoms with E-state index in [0.29, 0.717) is 22.6 Å². The summed E-state index contributed by atoms with van der Waals surface area (Å²) in [5.41, 5.74) is 0.606. The van der Waals surface area contributed by atoms with Crippen molar-refractivity contribution in [1.29, 1.82) is 0 Å². The van der Waals surface area contributed by atoms with E-state index in [4.69, 9.17) is 4.74 Å². The van der Waals surface area contributed by atoms with Gasteiger partial charge in [0.1, 0.15) is 10.6 Å². The Balaban J connectivity index is 1.97. The molecule has 8 heteroatoms. The molecule has 0 aliphatic carbocycles. The number of benzene rings is 1. The van der Waals surface area contributed by atoms with Gasteiger partial charge < -0.3 is 15.2 Å². The highest BCUT2D eigenvalue weighted by Crippen LogP contribution is 2.35. The Hall–Kier alpha value is -1.80. The molecule has 0 spiro atoms. The lowest BCUT2D eigenvalue weighted by Gasteiger charge is -2.12. The molecule has 1 unspecified atom stereocenters. The minimum Gasteiger partial charge on any atom is -0.497 e. The Bertz CT molecular complexity index is 601. The minimum absolute atomic E-state index is 0.0535. The van der Waals surface area contributed by atoms with E-state index >= 15 is 0 Å². The molecule has 21 heavy (non-hydrogen) atoms. The molecule has 1 heterocycles. The molecule has 0 aliphatic heterocycles. The highest BCUT2D eigenvalue weighted by Gasteiger charge is 2.33. The number of rotatable bonds is 5. The van der Waals surface area contributed by atoms with Gasteiger partial charge in [-0.15, -0.1) is 0 Å². The summed E-state index contributed by atoms with van der Waals surface area (Å²) in [7, 11) is 1.51. The SMILES string of the molecule is COc1cccc(C(O)CNc2ncc(C(F)(F)F)s2)c1. The highest BCUT2D eigenvalue weighted by atomic mass is 32.1. The fraction of sp³-hybridized carbons (Fsp3) is 0.308. The predicted molar refractivity (Wildman–Crippen MR) is 73.6 cm³/mol. The molecule has 0 amide bonds. The number of hydrogen-bond acceptors (Lipinski definition) is 5. The fourth-order valence-corrected chi connectivity index (χ4v) is 2.33. The number of hydrogen-bond donors (Lipinski definition) is 2. The molecule has 0 bridgehead atoms. The molecule has 0 radical (unpaired) electrons. The van der Waals surface area contributed by atoms with Gasteiger partial charge in [-0.1, -0.05) is 23.5 Å². The first-order chi connectivity index (χ1) is 9.90. The van der Waals surface area contributed by atoms with Gasteiger partial charge in [0.2, 0.25) is 0 Å². The van der Waals surface area contributed by atoms with Gasteiger partial charge in [-0.3, -0.25) is 0 Å². The average molecular weight is 318 g/mol. The van der Waals surface area contributed by atoms with Crippen molar-refractivity contribution in [3.63, 3.8) is 0 Å².